The molecule has 0 fully saturated rings. The van der Waals surface area contributed by atoms with Crippen molar-refractivity contribution in [2.75, 3.05) is 0 Å². The number of hydrogen-bond acceptors (Lipinski definition) is 10. The van der Waals surface area contributed by atoms with Crippen molar-refractivity contribution in [2.24, 2.45) is 0 Å². The summed E-state index contributed by atoms with van der Waals surface area (Å²) in [7, 11) is -20.7. The van der Waals surface area contributed by atoms with Crippen LogP contribution in [0.15, 0.2) is 248 Å². The van der Waals surface area contributed by atoms with Gasteiger partial charge in [0.2, 0.25) is 19.7 Å². The fourth-order valence-corrected chi connectivity index (χ4v) is 17.9. The van der Waals surface area contributed by atoms with E-state index in [4.69, 9.17) is 0 Å². The summed E-state index contributed by atoms with van der Waals surface area (Å²) in [6.07, 6.45) is 0. The molecule has 8 aromatic carbocycles. The van der Waals surface area contributed by atoms with Crippen molar-refractivity contribution in [3.05, 3.63) is 218 Å². The van der Waals surface area contributed by atoms with Crippen molar-refractivity contribution in [3.8, 4) is 0 Å². The fourth-order valence-electron chi connectivity index (χ4n) is 6.87. The van der Waals surface area contributed by atoms with Crippen LogP contribution < -0.4 is 31.8 Å². The van der Waals surface area contributed by atoms with Gasteiger partial charge in [-0.25, -0.2) is 33.7 Å². The normalized spacial score (nSPS) is 12.7. The minimum absolute atomic E-state index is 0. The van der Waals surface area contributed by atoms with Crippen molar-refractivity contribution in [3.63, 3.8) is 0 Å². The van der Waals surface area contributed by atoms with Gasteiger partial charge in [-0.3, -0.25) is 0 Å². The Morgan fingerprint density at radius 1 is 0.277 bits per heavy atom. The molecule has 0 heterocycles. The summed E-state index contributed by atoms with van der Waals surface area (Å²) in [6.45, 7) is 0. The molecule has 0 saturated heterocycles. The van der Waals surface area contributed by atoms with Crippen LogP contribution in [-0.2, 0) is 56.4 Å². The zero-order chi connectivity index (χ0) is 45.5. The molecule has 0 aromatic heterocycles. The van der Waals surface area contributed by atoms with Crippen molar-refractivity contribution in [2.45, 2.75) is 29.4 Å². The molecule has 2 unspecified atom stereocenters. The number of benzene rings is 8. The number of rotatable bonds is 12. The standard InChI is InChI=1S/2C24H19O5PS2.Ni/c2*25-31(26,20-13-5-2-6-14-20)23-17-9-7-15-21(23)30(19-11-3-1-4-12-19)22-16-8-10-18-24(22)32(27,28)29;/h2*1-18H,(H,27,28,29);/q;;+2/p-2. The van der Waals surface area contributed by atoms with Crippen molar-refractivity contribution in [1.29, 1.82) is 0 Å². The van der Waals surface area contributed by atoms with E-state index in [0.717, 1.165) is 10.6 Å². The fraction of sp³-hybridized carbons (Fsp3) is 0. The van der Waals surface area contributed by atoms with Crippen molar-refractivity contribution < 1.29 is 59.3 Å². The monoisotopic (exact) mass is 1020 g/mol. The Balaban J connectivity index is 0.000000212. The maximum atomic E-state index is 13.5. The first-order valence-corrected chi connectivity index (χ1v) is 27.7. The Hall–Kier alpha value is -5.17. The molecule has 0 radical (unpaired) electrons. The molecule has 0 aliphatic rings. The van der Waals surface area contributed by atoms with Crippen LogP contribution in [0.2, 0.25) is 0 Å². The van der Waals surface area contributed by atoms with Gasteiger partial charge in [0.15, 0.2) is 0 Å². The van der Waals surface area contributed by atoms with Crippen LogP contribution >= 0.6 is 15.8 Å². The molecule has 0 bridgehead atoms. The molecule has 0 saturated carbocycles. The smallest absolute Gasteiger partial charge is 0.744 e. The minimum Gasteiger partial charge on any atom is -0.744 e. The van der Waals surface area contributed by atoms with Gasteiger partial charge in [-0.2, -0.15) is 0 Å². The molecule has 2 atom stereocenters. The topological polar surface area (TPSA) is 183 Å². The molecule has 0 amide bonds. The second-order valence-corrected chi connectivity index (χ2v) is 24.6. The van der Waals surface area contributed by atoms with E-state index in [-0.39, 0.29) is 45.9 Å². The predicted molar refractivity (Wildman–Crippen MR) is 250 cm³/mol. The van der Waals surface area contributed by atoms with Gasteiger partial charge in [0.25, 0.3) is 0 Å². The molecule has 0 N–H and O–H groups in total. The predicted octanol–water partition coefficient (Wildman–Crippen LogP) is 6.36. The molecule has 8 aromatic rings. The second-order valence-electron chi connectivity index (χ2n) is 13.8. The molecular weight excluding hydrogens is 985 g/mol. The van der Waals surface area contributed by atoms with E-state index >= 15 is 0 Å². The molecule has 0 aliphatic heterocycles. The van der Waals surface area contributed by atoms with Crippen LogP contribution in [0, 0.1) is 0 Å². The van der Waals surface area contributed by atoms with Gasteiger partial charge in [-0.1, -0.05) is 170 Å². The molecule has 0 spiro atoms. The van der Waals surface area contributed by atoms with E-state index in [1.165, 1.54) is 60.7 Å². The van der Waals surface area contributed by atoms with E-state index in [0.29, 0.717) is 21.2 Å². The third-order valence-electron chi connectivity index (χ3n) is 9.68. The van der Waals surface area contributed by atoms with E-state index in [1.54, 1.807) is 121 Å². The average Bonchev–Trinajstić information content (AvgIpc) is 3.31. The maximum absolute atomic E-state index is 13.5. The molecule has 10 nitrogen and oxygen atoms in total. The summed E-state index contributed by atoms with van der Waals surface area (Å²) in [4.78, 5) is -0.248. The van der Waals surface area contributed by atoms with E-state index in [2.05, 4.69) is 0 Å². The third kappa shape index (κ3) is 11.1. The molecule has 0 aliphatic carbocycles. The average molecular weight is 1020 g/mol. The molecule has 332 valence electrons. The van der Waals surface area contributed by atoms with Crippen molar-refractivity contribution in [1.82, 2.24) is 0 Å². The Morgan fingerprint density at radius 2 is 0.492 bits per heavy atom. The summed E-state index contributed by atoms with van der Waals surface area (Å²) < 4.78 is 126. The van der Waals surface area contributed by atoms with Gasteiger partial charge >= 0.3 is 16.5 Å². The second kappa shape index (κ2) is 21.0. The van der Waals surface area contributed by atoms with Crippen LogP contribution in [0.5, 0.6) is 0 Å². The van der Waals surface area contributed by atoms with E-state index in [9.17, 15) is 42.8 Å². The Morgan fingerprint density at radius 3 is 0.769 bits per heavy atom. The zero-order valence-electron chi connectivity index (χ0n) is 33.7. The van der Waals surface area contributed by atoms with Gasteiger partial charge in [0, 0.05) is 21.2 Å². The van der Waals surface area contributed by atoms with Crippen LogP contribution in [0.3, 0.4) is 0 Å². The van der Waals surface area contributed by atoms with Crippen molar-refractivity contribution >= 4 is 87.6 Å². The first-order valence-electron chi connectivity index (χ1n) is 19.2. The largest absolute Gasteiger partial charge is 2.00 e. The van der Waals surface area contributed by atoms with Gasteiger partial charge in [-0.15, -0.1) is 0 Å². The van der Waals surface area contributed by atoms with Gasteiger partial charge < -0.3 is 9.11 Å². The van der Waals surface area contributed by atoms with Crippen LogP contribution in [0.25, 0.3) is 0 Å². The van der Waals surface area contributed by atoms with Crippen LogP contribution in [0.4, 0.5) is 0 Å². The SMILES string of the molecule is O=S(=O)([O-])c1ccccc1P(c1ccccc1)c1ccccc1S(=O)(=O)c1ccccc1.O=S(=O)([O-])c1ccccc1P(c1ccccc1)c1ccccc1S(=O)(=O)c1ccccc1.[Ni+2]. The summed E-state index contributed by atoms with van der Waals surface area (Å²) in [5, 5.41) is 2.95. The Labute approximate surface area is 391 Å². The zero-order valence-corrected chi connectivity index (χ0v) is 39.8. The maximum Gasteiger partial charge on any atom is 2.00 e. The summed E-state index contributed by atoms with van der Waals surface area (Å²) in [5.74, 6) is 0. The Bertz CT molecular complexity index is 3140. The number of hydrogen-bond donors (Lipinski definition) is 0. The minimum atomic E-state index is -4.78. The summed E-state index contributed by atoms with van der Waals surface area (Å²) >= 11 is 0. The van der Waals surface area contributed by atoms with Gasteiger partial charge in [0.1, 0.15) is 20.2 Å². The van der Waals surface area contributed by atoms with E-state index in [1.807, 2.05) is 36.4 Å². The van der Waals surface area contributed by atoms with Gasteiger partial charge in [-0.05, 0) is 75.0 Å². The quantitative estimate of drug-likeness (QED) is 0.0759. The summed E-state index contributed by atoms with van der Waals surface area (Å²) in [5.41, 5.74) is 0. The third-order valence-corrected chi connectivity index (χ3v) is 20.8. The van der Waals surface area contributed by atoms with Crippen LogP contribution in [0.1, 0.15) is 0 Å². The molecular formula is C48H36NiO10P2S4. The summed E-state index contributed by atoms with van der Waals surface area (Å²) in [6, 6.07) is 59.3. The molecule has 8 rings (SSSR count). The van der Waals surface area contributed by atoms with E-state index < -0.39 is 55.8 Å². The van der Waals surface area contributed by atoms with Crippen LogP contribution in [-0.4, -0.2) is 42.8 Å². The molecule has 17 heteroatoms. The molecule has 65 heavy (non-hydrogen) atoms. The van der Waals surface area contributed by atoms with Gasteiger partial charge in [0.05, 0.1) is 29.4 Å². The first kappa shape index (κ1) is 49.3. The number of sulfone groups is 2. The first-order chi connectivity index (χ1) is 30.6. The Kier molecular flexibility index (Phi) is 15.9.